The van der Waals surface area contributed by atoms with Crippen LogP contribution in [0.25, 0.3) is 0 Å². The van der Waals surface area contributed by atoms with Crippen molar-refractivity contribution in [2.75, 3.05) is 18.4 Å². The topological polar surface area (TPSA) is 75.9 Å². The minimum Gasteiger partial charge on any atom is -0.298 e. The zero-order valence-electron chi connectivity index (χ0n) is 15.9. The number of likely N-dealkylation sites (tertiary alicyclic amines) is 1. The van der Waals surface area contributed by atoms with Crippen LogP contribution in [0.1, 0.15) is 41.4 Å². The molecule has 0 atom stereocenters. The number of hydrogen-bond acceptors (Lipinski definition) is 6. The molecule has 4 rings (SSSR count). The maximum Gasteiger partial charge on any atom is 0.257 e. The van der Waals surface area contributed by atoms with E-state index in [-0.39, 0.29) is 5.91 Å². The molecule has 0 radical (unpaired) electrons. The second kappa shape index (κ2) is 8.62. The lowest BCUT2D eigenvalue weighted by molar-refractivity contribution is 0.102. The molecule has 1 aromatic carbocycles. The van der Waals surface area contributed by atoms with Gasteiger partial charge < -0.3 is 0 Å². The Morgan fingerprint density at radius 2 is 2.00 bits per heavy atom. The third-order valence-corrected chi connectivity index (χ3v) is 5.87. The summed E-state index contributed by atoms with van der Waals surface area (Å²) in [5.74, 6) is 0.684. The summed E-state index contributed by atoms with van der Waals surface area (Å²) in [4.78, 5) is 23.4. The molecule has 0 saturated carbocycles. The smallest absolute Gasteiger partial charge is 0.257 e. The van der Waals surface area contributed by atoms with E-state index in [9.17, 15) is 4.79 Å². The number of nitrogens with zero attached hydrogens (tertiary/aromatic N) is 5. The van der Waals surface area contributed by atoms with Gasteiger partial charge in [-0.3, -0.25) is 15.0 Å². The van der Waals surface area contributed by atoms with E-state index in [0.29, 0.717) is 17.2 Å². The summed E-state index contributed by atoms with van der Waals surface area (Å²) in [7, 11) is 0. The Bertz CT molecular complexity index is 897. The predicted molar refractivity (Wildman–Crippen MR) is 109 cm³/mol. The van der Waals surface area contributed by atoms with Crippen LogP contribution in [0, 0.1) is 5.92 Å². The fourth-order valence-electron chi connectivity index (χ4n) is 3.32. The molecule has 0 spiro atoms. The Hall–Kier alpha value is -2.58. The minimum absolute atomic E-state index is 0.139. The van der Waals surface area contributed by atoms with Crippen molar-refractivity contribution in [2.45, 2.75) is 32.9 Å². The molecule has 146 valence electrons. The van der Waals surface area contributed by atoms with E-state index in [2.05, 4.69) is 32.2 Å². The van der Waals surface area contributed by atoms with Gasteiger partial charge in [-0.2, -0.15) is 5.10 Å². The summed E-state index contributed by atoms with van der Waals surface area (Å²) in [6, 6.07) is 7.51. The maximum atomic E-state index is 12.5. The van der Waals surface area contributed by atoms with Gasteiger partial charge in [0.05, 0.1) is 12.2 Å². The van der Waals surface area contributed by atoms with Crippen molar-refractivity contribution in [2.24, 2.45) is 5.92 Å². The van der Waals surface area contributed by atoms with Crippen molar-refractivity contribution in [1.29, 1.82) is 0 Å². The lowest BCUT2D eigenvalue weighted by atomic mass is 9.99. The van der Waals surface area contributed by atoms with Crippen LogP contribution in [0.2, 0.25) is 0 Å². The number of benzene rings is 1. The molecule has 0 unspecified atom stereocenters. The van der Waals surface area contributed by atoms with Crippen LogP contribution in [0.15, 0.2) is 42.3 Å². The molecule has 0 bridgehead atoms. The Labute approximate surface area is 168 Å². The fourth-order valence-corrected chi connectivity index (χ4v) is 4.02. The van der Waals surface area contributed by atoms with Crippen molar-refractivity contribution in [3.05, 3.63) is 59.1 Å². The molecule has 1 aliphatic heterocycles. The van der Waals surface area contributed by atoms with E-state index < -0.39 is 0 Å². The van der Waals surface area contributed by atoms with Crippen LogP contribution < -0.4 is 5.32 Å². The van der Waals surface area contributed by atoms with Gasteiger partial charge in [-0.05, 0) is 49.5 Å². The summed E-state index contributed by atoms with van der Waals surface area (Å²) in [5.41, 5.74) is 2.71. The third-order valence-electron chi connectivity index (χ3n) is 5.06. The first-order valence-electron chi connectivity index (χ1n) is 9.55. The number of hydrogen-bond donors (Lipinski definition) is 1. The van der Waals surface area contributed by atoms with Gasteiger partial charge in [-0.1, -0.05) is 19.1 Å². The molecule has 1 aliphatic rings. The van der Waals surface area contributed by atoms with E-state index in [1.807, 2.05) is 29.6 Å². The lowest BCUT2D eigenvalue weighted by Gasteiger charge is -2.29. The molecule has 2 aromatic heterocycles. The van der Waals surface area contributed by atoms with E-state index in [0.717, 1.165) is 36.8 Å². The summed E-state index contributed by atoms with van der Waals surface area (Å²) >= 11 is 1.48. The molecule has 8 heteroatoms. The van der Waals surface area contributed by atoms with Crippen LogP contribution in [0.4, 0.5) is 5.13 Å². The van der Waals surface area contributed by atoms with Gasteiger partial charge in [-0.15, -0.1) is 11.3 Å². The van der Waals surface area contributed by atoms with Crippen molar-refractivity contribution in [3.63, 3.8) is 0 Å². The number of aromatic nitrogens is 4. The Morgan fingerprint density at radius 3 is 2.71 bits per heavy atom. The number of piperidine rings is 1. The first kappa shape index (κ1) is 18.8. The zero-order chi connectivity index (χ0) is 19.3. The SMILES string of the molecule is CC1CCN(Cc2csc(NC(=O)c3ccc(Cn4cncn4)cc3)n2)CC1. The summed E-state index contributed by atoms with van der Waals surface area (Å²) in [5, 5.41) is 9.69. The highest BCUT2D eigenvalue weighted by atomic mass is 32.1. The van der Waals surface area contributed by atoms with Gasteiger partial charge in [0, 0.05) is 17.5 Å². The summed E-state index contributed by atoms with van der Waals surface area (Å²) in [6.07, 6.45) is 5.68. The number of rotatable bonds is 6. The number of carbonyl (C=O) groups excluding carboxylic acids is 1. The van der Waals surface area contributed by atoms with Gasteiger partial charge in [0.25, 0.3) is 5.91 Å². The van der Waals surface area contributed by atoms with Crippen LogP contribution in [-0.2, 0) is 13.1 Å². The zero-order valence-corrected chi connectivity index (χ0v) is 16.7. The predicted octanol–water partition coefficient (Wildman–Crippen LogP) is 3.27. The Morgan fingerprint density at radius 1 is 1.21 bits per heavy atom. The highest BCUT2D eigenvalue weighted by molar-refractivity contribution is 7.13. The summed E-state index contributed by atoms with van der Waals surface area (Å²) < 4.78 is 1.75. The molecule has 28 heavy (non-hydrogen) atoms. The minimum atomic E-state index is -0.139. The molecule has 1 saturated heterocycles. The molecule has 7 nitrogen and oxygen atoms in total. The third kappa shape index (κ3) is 4.82. The Balaban J connectivity index is 1.31. The standard InChI is InChI=1S/C20H24N6OS/c1-15-6-8-25(9-7-15)11-18-12-28-20(23-18)24-19(27)17-4-2-16(3-5-17)10-26-14-21-13-22-26/h2-5,12-15H,6-11H2,1H3,(H,23,24,27). The van der Waals surface area contributed by atoms with E-state index in [1.165, 1.54) is 30.5 Å². The van der Waals surface area contributed by atoms with Crippen molar-refractivity contribution >= 4 is 22.4 Å². The second-order valence-electron chi connectivity index (χ2n) is 7.35. The monoisotopic (exact) mass is 396 g/mol. The normalized spacial score (nSPS) is 15.6. The first-order valence-corrected chi connectivity index (χ1v) is 10.4. The number of thiazole rings is 1. The molecule has 3 aromatic rings. The summed E-state index contributed by atoms with van der Waals surface area (Å²) in [6.45, 7) is 6.06. The average Bonchev–Trinajstić information content (AvgIpc) is 3.36. The van der Waals surface area contributed by atoms with Gasteiger partial charge in [0.2, 0.25) is 0 Å². The quantitative estimate of drug-likeness (QED) is 0.692. The highest BCUT2D eigenvalue weighted by Gasteiger charge is 2.17. The van der Waals surface area contributed by atoms with Gasteiger partial charge in [0.1, 0.15) is 12.7 Å². The first-order chi connectivity index (χ1) is 13.7. The van der Waals surface area contributed by atoms with E-state index in [1.54, 1.807) is 11.0 Å². The lowest BCUT2D eigenvalue weighted by Crippen LogP contribution is -2.32. The van der Waals surface area contributed by atoms with Crippen LogP contribution in [0.5, 0.6) is 0 Å². The number of amides is 1. The molecule has 0 aliphatic carbocycles. The van der Waals surface area contributed by atoms with Crippen LogP contribution >= 0.6 is 11.3 Å². The number of nitrogens with one attached hydrogen (secondary N) is 1. The van der Waals surface area contributed by atoms with Gasteiger partial charge in [0.15, 0.2) is 5.13 Å². The highest BCUT2D eigenvalue weighted by Crippen LogP contribution is 2.21. The maximum absolute atomic E-state index is 12.5. The molecule has 1 N–H and O–H groups in total. The number of anilines is 1. The molecule has 3 heterocycles. The van der Waals surface area contributed by atoms with Gasteiger partial charge in [-0.25, -0.2) is 14.6 Å². The second-order valence-corrected chi connectivity index (χ2v) is 8.20. The van der Waals surface area contributed by atoms with Crippen LogP contribution in [-0.4, -0.2) is 43.6 Å². The number of carbonyl (C=O) groups is 1. The molecule has 1 fully saturated rings. The van der Waals surface area contributed by atoms with Gasteiger partial charge >= 0.3 is 0 Å². The fraction of sp³-hybridized carbons (Fsp3) is 0.400. The van der Waals surface area contributed by atoms with Crippen molar-refractivity contribution in [1.82, 2.24) is 24.6 Å². The van der Waals surface area contributed by atoms with E-state index in [4.69, 9.17) is 0 Å². The largest absolute Gasteiger partial charge is 0.298 e. The van der Waals surface area contributed by atoms with Crippen LogP contribution in [0.3, 0.4) is 0 Å². The molecule has 1 amide bonds. The average molecular weight is 397 g/mol. The molecular weight excluding hydrogens is 372 g/mol. The van der Waals surface area contributed by atoms with Crippen molar-refractivity contribution in [3.8, 4) is 0 Å². The van der Waals surface area contributed by atoms with E-state index >= 15 is 0 Å². The van der Waals surface area contributed by atoms with Crippen molar-refractivity contribution < 1.29 is 4.79 Å². The molecular formula is C20H24N6OS. The Kier molecular flexibility index (Phi) is 5.78.